The van der Waals surface area contributed by atoms with Crippen molar-refractivity contribution in [3.63, 3.8) is 0 Å². The predicted octanol–water partition coefficient (Wildman–Crippen LogP) is 1.03. The Balaban J connectivity index is 2.23. The van der Waals surface area contributed by atoms with E-state index in [1.165, 1.54) is 0 Å². The Morgan fingerprint density at radius 2 is 2.46 bits per heavy atom. The predicted molar refractivity (Wildman–Crippen MR) is 52.5 cm³/mol. The maximum Gasteiger partial charge on any atom is 0.141 e. The van der Waals surface area contributed by atoms with E-state index >= 15 is 0 Å². The average molecular weight is 194 g/mol. The van der Waals surface area contributed by atoms with Gasteiger partial charge in [0, 0.05) is 11.8 Å². The SMILES string of the molecule is NCCc1csc(-c2cnc[nH]2)n1. The van der Waals surface area contributed by atoms with E-state index in [1.807, 2.05) is 5.38 Å². The lowest BCUT2D eigenvalue weighted by molar-refractivity contribution is 0.936. The van der Waals surface area contributed by atoms with Gasteiger partial charge in [-0.1, -0.05) is 0 Å². The highest BCUT2D eigenvalue weighted by Gasteiger charge is 2.04. The molecule has 0 saturated heterocycles. The number of nitrogens with zero attached hydrogens (tertiary/aromatic N) is 2. The summed E-state index contributed by atoms with van der Waals surface area (Å²) in [6.45, 7) is 0.645. The number of hydrogen-bond donors (Lipinski definition) is 2. The van der Waals surface area contributed by atoms with Crippen LogP contribution in [0.25, 0.3) is 10.7 Å². The normalized spacial score (nSPS) is 10.5. The lowest BCUT2D eigenvalue weighted by Gasteiger charge is -1.89. The van der Waals surface area contributed by atoms with E-state index in [9.17, 15) is 0 Å². The Morgan fingerprint density at radius 3 is 3.15 bits per heavy atom. The molecule has 3 N–H and O–H groups in total. The van der Waals surface area contributed by atoms with Gasteiger partial charge in [0.05, 0.1) is 23.9 Å². The van der Waals surface area contributed by atoms with Crippen molar-refractivity contribution in [3.05, 3.63) is 23.6 Å². The van der Waals surface area contributed by atoms with Crippen LogP contribution in [0.3, 0.4) is 0 Å². The molecule has 0 bridgehead atoms. The highest BCUT2D eigenvalue weighted by Crippen LogP contribution is 2.20. The third kappa shape index (κ3) is 1.76. The maximum atomic E-state index is 5.43. The van der Waals surface area contributed by atoms with Gasteiger partial charge in [0.1, 0.15) is 5.01 Å². The van der Waals surface area contributed by atoms with Crippen LogP contribution in [0, 0.1) is 0 Å². The molecule has 2 rings (SSSR count). The van der Waals surface area contributed by atoms with Crippen LogP contribution in [0.5, 0.6) is 0 Å². The molecule has 2 aromatic heterocycles. The number of imidazole rings is 1. The minimum atomic E-state index is 0.645. The largest absolute Gasteiger partial charge is 0.343 e. The summed E-state index contributed by atoms with van der Waals surface area (Å²) in [5.74, 6) is 0. The number of aromatic amines is 1. The Bertz CT molecular complexity index is 365. The molecule has 68 valence electrons. The van der Waals surface area contributed by atoms with Gasteiger partial charge in [0.25, 0.3) is 0 Å². The standard InChI is InChI=1S/C8H10N4S/c9-2-1-6-4-13-8(12-6)7-3-10-5-11-7/h3-5H,1-2,9H2,(H,10,11). The molecule has 13 heavy (non-hydrogen) atoms. The number of rotatable bonds is 3. The molecule has 0 aliphatic heterocycles. The van der Waals surface area contributed by atoms with Crippen molar-refractivity contribution in [3.8, 4) is 10.7 Å². The molecule has 2 aromatic rings. The quantitative estimate of drug-likeness (QED) is 0.767. The second kappa shape index (κ2) is 3.68. The summed E-state index contributed by atoms with van der Waals surface area (Å²) in [4.78, 5) is 11.4. The average Bonchev–Trinajstić information content (AvgIpc) is 2.70. The van der Waals surface area contributed by atoms with Crippen LogP contribution in [0.1, 0.15) is 5.69 Å². The minimum Gasteiger partial charge on any atom is -0.343 e. The maximum absolute atomic E-state index is 5.43. The first kappa shape index (κ1) is 8.40. The van der Waals surface area contributed by atoms with Gasteiger partial charge >= 0.3 is 0 Å². The van der Waals surface area contributed by atoms with Gasteiger partial charge in [0.2, 0.25) is 0 Å². The second-order valence-electron chi connectivity index (χ2n) is 2.65. The number of thiazole rings is 1. The van der Waals surface area contributed by atoms with E-state index in [4.69, 9.17) is 5.73 Å². The monoisotopic (exact) mass is 194 g/mol. The van der Waals surface area contributed by atoms with Gasteiger partial charge in [-0.2, -0.15) is 0 Å². The fourth-order valence-corrected chi connectivity index (χ4v) is 1.89. The zero-order chi connectivity index (χ0) is 9.10. The van der Waals surface area contributed by atoms with Crippen molar-refractivity contribution in [2.45, 2.75) is 6.42 Å². The van der Waals surface area contributed by atoms with E-state index in [2.05, 4.69) is 15.0 Å². The summed E-state index contributed by atoms with van der Waals surface area (Å²) >= 11 is 1.61. The first-order chi connectivity index (χ1) is 6.40. The van der Waals surface area contributed by atoms with Crippen LogP contribution in [0.4, 0.5) is 0 Å². The summed E-state index contributed by atoms with van der Waals surface area (Å²) in [6.07, 6.45) is 4.26. The number of aromatic nitrogens is 3. The van der Waals surface area contributed by atoms with Gasteiger partial charge in [-0.05, 0) is 6.54 Å². The fourth-order valence-electron chi connectivity index (χ4n) is 1.07. The molecule has 4 nitrogen and oxygen atoms in total. The second-order valence-corrected chi connectivity index (χ2v) is 3.51. The van der Waals surface area contributed by atoms with E-state index in [0.29, 0.717) is 6.54 Å². The summed E-state index contributed by atoms with van der Waals surface area (Å²) in [7, 11) is 0. The molecule has 0 aromatic carbocycles. The third-order valence-electron chi connectivity index (χ3n) is 1.68. The minimum absolute atomic E-state index is 0.645. The smallest absolute Gasteiger partial charge is 0.141 e. The van der Waals surface area contributed by atoms with E-state index < -0.39 is 0 Å². The van der Waals surface area contributed by atoms with Crippen molar-refractivity contribution < 1.29 is 0 Å². The Kier molecular flexibility index (Phi) is 2.37. The topological polar surface area (TPSA) is 67.6 Å². The molecule has 0 unspecified atom stereocenters. The number of hydrogen-bond acceptors (Lipinski definition) is 4. The van der Waals surface area contributed by atoms with Gasteiger partial charge < -0.3 is 10.7 Å². The molecule has 0 aliphatic rings. The molecule has 2 heterocycles. The molecule has 0 saturated carbocycles. The molecular formula is C8H10N4S. The van der Waals surface area contributed by atoms with Crippen LogP contribution >= 0.6 is 11.3 Å². The van der Waals surface area contributed by atoms with E-state index in [0.717, 1.165) is 22.8 Å². The summed E-state index contributed by atoms with van der Waals surface area (Å²) in [6, 6.07) is 0. The highest BCUT2D eigenvalue weighted by atomic mass is 32.1. The van der Waals surface area contributed by atoms with Crippen LogP contribution in [0.15, 0.2) is 17.9 Å². The van der Waals surface area contributed by atoms with E-state index in [1.54, 1.807) is 23.9 Å². The van der Waals surface area contributed by atoms with Gasteiger partial charge in [-0.3, -0.25) is 0 Å². The highest BCUT2D eigenvalue weighted by molar-refractivity contribution is 7.13. The lowest BCUT2D eigenvalue weighted by atomic mass is 10.3. The first-order valence-corrected chi connectivity index (χ1v) is 4.91. The molecule has 0 atom stereocenters. The van der Waals surface area contributed by atoms with Crippen LogP contribution < -0.4 is 5.73 Å². The lowest BCUT2D eigenvalue weighted by Crippen LogP contribution is -2.02. The number of H-pyrrole nitrogens is 1. The van der Waals surface area contributed by atoms with Crippen molar-refractivity contribution in [1.82, 2.24) is 15.0 Å². The van der Waals surface area contributed by atoms with Crippen molar-refractivity contribution >= 4 is 11.3 Å². The van der Waals surface area contributed by atoms with Crippen molar-refractivity contribution in [2.75, 3.05) is 6.54 Å². The van der Waals surface area contributed by atoms with Crippen LogP contribution in [-0.2, 0) is 6.42 Å². The van der Waals surface area contributed by atoms with Crippen LogP contribution in [0.2, 0.25) is 0 Å². The van der Waals surface area contributed by atoms with Crippen molar-refractivity contribution in [2.24, 2.45) is 5.73 Å². The molecule has 0 fully saturated rings. The first-order valence-electron chi connectivity index (χ1n) is 4.03. The summed E-state index contributed by atoms with van der Waals surface area (Å²) < 4.78 is 0. The van der Waals surface area contributed by atoms with Crippen molar-refractivity contribution in [1.29, 1.82) is 0 Å². The van der Waals surface area contributed by atoms with Crippen LogP contribution in [-0.4, -0.2) is 21.5 Å². The molecule has 5 heteroatoms. The Morgan fingerprint density at radius 1 is 1.54 bits per heavy atom. The molecule has 0 aliphatic carbocycles. The Labute approximate surface area is 79.8 Å². The zero-order valence-electron chi connectivity index (χ0n) is 7.03. The Hall–Kier alpha value is -1.20. The molecule has 0 spiro atoms. The molecule has 0 amide bonds. The number of nitrogens with two attached hydrogens (primary N) is 1. The van der Waals surface area contributed by atoms with Gasteiger partial charge in [0.15, 0.2) is 0 Å². The third-order valence-corrected chi connectivity index (χ3v) is 2.61. The zero-order valence-corrected chi connectivity index (χ0v) is 7.84. The number of nitrogens with one attached hydrogen (secondary N) is 1. The van der Waals surface area contributed by atoms with Gasteiger partial charge in [-0.15, -0.1) is 11.3 Å². The van der Waals surface area contributed by atoms with E-state index in [-0.39, 0.29) is 0 Å². The molecule has 0 radical (unpaired) electrons. The summed E-state index contributed by atoms with van der Waals surface area (Å²) in [5.41, 5.74) is 7.45. The fraction of sp³-hybridized carbons (Fsp3) is 0.250. The van der Waals surface area contributed by atoms with Gasteiger partial charge in [-0.25, -0.2) is 9.97 Å². The molecular weight excluding hydrogens is 184 g/mol. The summed E-state index contributed by atoms with van der Waals surface area (Å²) in [5, 5.41) is 3.00.